The highest BCUT2D eigenvalue weighted by atomic mass is 16.4. The molecule has 2 N–H and O–H groups in total. The fourth-order valence-corrected chi connectivity index (χ4v) is 2.00. The maximum atomic E-state index is 11.6. The zero-order chi connectivity index (χ0) is 13.0. The molecule has 0 atom stereocenters. The lowest BCUT2D eigenvalue weighted by molar-refractivity contribution is -0.127. The number of aromatic carboxylic acids is 1. The molecule has 1 amide bonds. The van der Waals surface area contributed by atoms with E-state index in [1.807, 2.05) is 6.07 Å². The second-order valence-electron chi connectivity index (χ2n) is 4.67. The molecule has 0 heterocycles. The summed E-state index contributed by atoms with van der Waals surface area (Å²) in [5, 5.41) is 11.8. The number of amides is 1. The molecule has 1 saturated carbocycles. The third kappa shape index (κ3) is 3.09. The first-order chi connectivity index (χ1) is 8.66. The van der Waals surface area contributed by atoms with Gasteiger partial charge >= 0.3 is 5.97 Å². The normalized spacial score (nSPS) is 14.9. The van der Waals surface area contributed by atoms with E-state index in [1.165, 1.54) is 0 Å². The standard InChI is InChI=1S/C14H17NO3/c16-13(11-4-2-5-11)15-8-7-10-3-1-6-12(9-10)14(17)18/h1,3,6,9,11H,2,4-5,7-8H2,(H,15,16)(H,17,18). The third-order valence-electron chi connectivity index (χ3n) is 3.36. The van der Waals surface area contributed by atoms with E-state index in [0.29, 0.717) is 13.0 Å². The van der Waals surface area contributed by atoms with E-state index < -0.39 is 5.97 Å². The van der Waals surface area contributed by atoms with Crippen LogP contribution in [0, 0.1) is 5.92 Å². The van der Waals surface area contributed by atoms with E-state index in [1.54, 1.807) is 18.2 Å². The summed E-state index contributed by atoms with van der Waals surface area (Å²) in [6.45, 7) is 0.568. The van der Waals surface area contributed by atoms with Crippen LogP contribution >= 0.6 is 0 Å². The number of carbonyl (C=O) groups excluding carboxylic acids is 1. The molecule has 0 spiro atoms. The predicted octanol–water partition coefficient (Wildman–Crippen LogP) is 1.84. The van der Waals surface area contributed by atoms with Gasteiger partial charge in [0, 0.05) is 12.5 Å². The summed E-state index contributed by atoms with van der Waals surface area (Å²) < 4.78 is 0. The van der Waals surface area contributed by atoms with Gasteiger partial charge in [0.1, 0.15) is 0 Å². The molecule has 0 aromatic heterocycles. The van der Waals surface area contributed by atoms with E-state index in [9.17, 15) is 9.59 Å². The van der Waals surface area contributed by atoms with Crippen LogP contribution in [0.25, 0.3) is 0 Å². The van der Waals surface area contributed by atoms with E-state index in [0.717, 1.165) is 24.8 Å². The smallest absolute Gasteiger partial charge is 0.335 e. The molecule has 0 unspecified atom stereocenters. The molecule has 18 heavy (non-hydrogen) atoms. The van der Waals surface area contributed by atoms with Gasteiger partial charge in [-0.2, -0.15) is 0 Å². The van der Waals surface area contributed by atoms with Crippen molar-refractivity contribution in [1.29, 1.82) is 0 Å². The molecule has 1 aliphatic rings. The lowest BCUT2D eigenvalue weighted by atomic mass is 9.85. The van der Waals surface area contributed by atoms with Crippen LogP contribution in [0.5, 0.6) is 0 Å². The molecule has 4 nitrogen and oxygen atoms in total. The molecule has 96 valence electrons. The van der Waals surface area contributed by atoms with Gasteiger partial charge in [-0.3, -0.25) is 4.79 Å². The molecule has 0 aliphatic heterocycles. The summed E-state index contributed by atoms with van der Waals surface area (Å²) in [7, 11) is 0. The van der Waals surface area contributed by atoms with Crippen LogP contribution in [0.1, 0.15) is 35.2 Å². The Bertz CT molecular complexity index is 452. The van der Waals surface area contributed by atoms with Crippen molar-refractivity contribution in [3.05, 3.63) is 35.4 Å². The average Bonchev–Trinajstić information content (AvgIpc) is 2.27. The first kappa shape index (κ1) is 12.6. The summed E-state index contributed by atoms with van der Waals surface area (Å²) >= 11 is 0. The molecule has 2 rings (SSSR count). The largest absolute Gasteiger partial charge is 0.478 e. The highest BCUT2D eigenvalue weighted by Gasteiger charge is 2.24. The summed E-state index contributed by atoms with van der Waals surface area (Å²) in [4.78, 5) is 22.4. The predicted molar refractivity (Wildman–Crippen MR) is 67.5 cm³/mol. The first-order valence-electron chi connectivity index (χ1n) is 6.27. The number of carboxylic acid groups (broad SMARTS) is 1. The minimum Gasteiger partial charge on any atom is -0.478 e. The molecule has 1 fully saturated rings. The summed E-state index contributed by atoms with van der Waals surface area (Å²) in [5.41, 5.74) is 1.22. The lowest BCUT2D eigenvalue weighted by Gasteiger charge is -2.24. The van der Waals surface area contributed by atoms with Crippen molar-refractivity contribution in [1.82, 2.24) is 5.32 Å². The quantitative estimate of drug-likeness (QED) is 0.834. The second kappa shape index (κ2) is 5.67. The minimum atomic E-state index is -0.921. The second-order valence-corrected chi connectivity index (χ2v) is 4.67. The van der Waals surface area contributed by atoms with Crippen molar-refractivity contribution in [3.8, 4) is 0 Å². The van der Waals surface area contributed by atoms with Gasteiger partial charge in [-0.05, 0) is 37.0 Å². The Morgan fingerprint density at radius 1 is 1.33 bits per heavy atom. The number of carboxylic acids is 1. The van der Waals surface area contributed by atoms with Crippen LogP contribution in [0.15, 0.2) is 24.3 Å². The average molecular weight is 247 g/mol. The highest BCUT2D eigenvalue weighted by Crippen LogP contribution is 2.26. The number of nitrogens with one attached hydrogen (secondary N) is 1. The molecule has 1 aliphatic carbocycles. The fraction of sp³-hybridized carbons (Fsp3) is 0.429. The topological polar surface area (TPSA) is 66.4 Å². The van der Waals surface area contributed by atoms with Gasteiger partial charge in [0.05, 0.1) is 5.56 Å². The third-order valence-corrected chi connectivity index (χ3v) is 3.36. The van der Waals surface area contributed by atoms with Gasteiger partial charge in [0.15, 0.2) is 0 Å². The molecule has 0 radical (unpaired) electrons. The van der Waals surface area contributed by atoms with Crippen LogP contribution in [-0.4, -0.2) is 23.5 Å². The number of hydrogen-bond acceptors (Lipinski definition) is 2. The van der Waals surface area contributed by atoms with Gasteiger partial charge in [0.2, 0.25) is 5.91 Å². The number of benzene rings is 1. The van der Waals surface area contributed by atoms with Crippen molar-refractivity contribution in [2.45, 2.75) is 25.7 Å². The monoisotopic (exact) mass is 247 g/mol. The van der Waals surface area contributed by atoms with Gasteiger partial charge < -0.3 is 10.4 Å². The maximum absolute atomic E-state index is 11.6. The SMILES string of the molecule is O=C(O)c1cccc(CCNC(=O)C2CCC2)c1. The van der Waals surface area contributed by atoms with Crippen molar-refractivity contribution in [2.24, 2.45) is 5.92 Å². The maximum Gasteiger partial charge on any atom is 0.335 e. The molecule has 0 bridgehead atoms. The van der Waals surface area contributed by atoms with Crippen LogP contribution < -0.4 is 5.32 Å². The van der Waals surface area contributed by atoms with Crippen molar-refractivity contribution in [2.75, 3.05) is 6.54 Å². The van der Waals surface area contributed by atoms with E-state index in [2.05, 4.69) is 5.32 Å². The zero-order valence-electron chi connectivity index (χ0n) is 10.2. The minimum absolute atomic E-state index is 0.135. The molecular weight excluding hydrogens is 230 g/mol. The van der Waals surface area contributed by atoms with Crippen molar-refractivity contribution in [3.63, 3.8) is 0 Å². The van der Waals surface area contributed by atoms with E-state index in [4.69, 9.17) is 5.11 Å². The van der Waals surface area contributed by atoms with E-state index >= 15 is 0 Å². The zero-order valence-corrected chi connectivity index (χ0v) is 10.2. The van der Waals surface area contributed by atoms with Crippen molar-refractivity contribution < 1.29 is 14.7 Å². The number of hydrogen-bond donors (Lipinski definition) is 2. The highest BCUT2D eigenvalue weighted by molar-refractivity contribution is 5.87. The van der Waals surface area contributed by atoms with Crippen LogP contribution in [0.2, 0.25) is 0 Å². The van der Waals surface area contributed by atoms with Gasteiger partial charge in [-0.1, -0.05) is 18.6 Å². The van der Waals surface area contributed by atoms with Crippen LogP contribution in [-0.2, 0) is 11.2 Å². The van der Waals surface area contributed by atoms with E-state index in [-0.39, 0.29) is 17.4 Å². The van der Waals surface area contributed by atoms with Gasteiger partial charge in [0.25, 0.3) is 0 Å². The summed E-state index contributed by atoms with van der Waals surface area (Å²) in [6, 6.07) is 6.82. The van der Waals surface area contributed by atoms with Crippen LogP contribution in [0.4, 0.5) is 0 Å². The Hall–Kier alpha value is -1.84. The Balaban J connectivity index is 1.80. The molecule has 1 aromatic carbocycles. The Labute approximate surface area is 106 Å². The number of rotatable bonds is 5. The Kier molecular flexibility index (Phi) is 3.97. The van der Waals surface area contributed by atoms with Gasteiger partial charge in [-0.15, -0.1) is 0 Å². The fourth-order valence-electron chi connectivity index (χ4n) is 2.00. The van der Waals surface area contributed by atoms with Crippen LogP contribution in [0.3, 0.4) is 0 Å². The molecule has 0 saturated heterocycles. The molecular formula is C14H17NO3. The molecule has 1 aromatic rings. The summed E-state index contributed by atoms with van der Waals surface area (Å²) in [6.07, 6.45) is 3.82. The molecule has 4 heteroatoms. The lowest BCUT2D eigenvalue weighted by Crippen LogP contribution is -2.35. The van der Waals surface area contributed by atoms with Crippen molar-refractivity contribution >= 4 is 11.9 Å². The Morgan fingerprint density at radius 3 is 2.72 bits per heavy atom. The summed E-state index contributed by atoms with van der Waals surface area (Å²) in [5.74, 6) is -0.582. The number of carbonyl (C=O) groups is 2. The van der Waals surface area contributed by atoms with Gasteiger partial charge in [-0.25, -0.2) is 4.79 Å². The Morgan fingerprint density at radius 2 is 2.11 bits per heavy atom. The first-order valence-corrected chi connectivity index (χ1v) is 6.27.